The molecule has 7 heteroatoms. The van der Waals surface area contributed by atoms with Crippen LogP contribution in [-0.2, 0) is 26.5 Å². The van der Waals surface area contributed by atoms with Crippen LogP contribution in [0.15, 0.2) is 138 Å². The van der Waals surface area contributed by atoms with Gasteiger partial charge in [-0.3, -0.25) is 9.97 Å². The summed E-state index contributed by atoms with van der Waals surface area (Å²) in [7, 11) is -1.34. The van der Waals surface area contributed by atoms with E-state index in [1.165, 1.54) is 38.7 Å². The van der Waals surface area contributed by atoms with E-state index in [0.29, 0.717) is 5.92 Å². The van der Waals surface area contributed by atoms with Gasteiger partial charge in [-0.25, -0.2) is 0 Å². The average Bonchev–Trinajstić information content (AvgIpc) is 3.82. The van der Waals surface area contributed by atoms with Crippen molar-refractivity contribution in [1.82, 2.24) is 19.5 Å². The fourth-order valence-electron chi connectivity index (χ4n) is 8.28. The van der Waals surface area contributed by atoms with Gasteiger partial charge in [0.1, 0.15) is 5.58 Å². The van der Waals surface area contributed by atoms with E-state index in [0.717, 1.165) is 62.0 Å². The molecule has 0 saturated carbocycles. The molecular weight excluding hydrogens is 941 g/mol. The maximum atomic E-state index is 6.46. The Morgan fingerprint density at radius 2 is 1.41 bits per heavy atom. The zero-order chi connectivity index (χ0) is 42.1. The minimum absolute atomic E-state index is 0. The number of aromatic nitrogens is 4. The summed E-state index contributed by atoms with van der Waals surface area (Å²) in [5, 5.41) is 3.65. The number of hydrogen-bond acceptors (Lipinski definition) is 4. The van der Waals surface area contributed by atoms with Gasteiger partial charge in [0.25, 0.3) is 0 Å². The van der Waals surface area contributed by atoms with Crippen LogP contribution in [0.25, 0.3) is 72.4 Å². The molecule has 1 radical (unpaired) electrons. The van der Waals surface area contributed by atoms with Crippen LogP contribution in [0.3, 0.4) is 0 Å². The fraction of sp³-hybridized carbons (Fsp3) is 0.241. The topological polar surface area (TPSA) is 56.7 Å². The Hall–Kier alpha value is -5.46. The largest absolute Gasteiger partial charge is 0.501 e. The first-order valence-corrected chi connectivity index (χ1v) is 24.7. The van der Waals surface area contributed by atoms with Gasteiger partial charge < -0.3 is 14.0 Å². The predicted octanol–water partition coefficient (Wildman–Crippen LogP) is 14.0. The summed E-state index contributed by atoms with van der Waals surface area (Å²) in [6, 6.07) is 46.7. The number of nitrogens with zero attached hydrogens (tertiary/aromatic N) is 4. The number of fused-ring (bicyclic) bond motifs is 4. The summed E-state index contributed by atoms with van der Waals surface area (Å²) in [4.78, 5) is 14.3. The van der Waals surface area contributed by atoms with E-state index in [1.807, 2.05) is 54.9 Å². The van der Waals surface area contributed by atoms with E-state index in [-0.39, 0.29) is 31.9 Å². The van der Waals surface area contributed by atoms with Crippen LogP contribution >= 0.6 is 0 Å². The first-order valence-electron chi connectivity index (χ1n) is 21.2. The first-order chi connectivity index (χ1) is 28.9. The Labute approximate surface area is 375 Å². The summed E-state index contributed by atoms with van der Waals surface area (Å²) >= 11 is 0. The minimum atomic E-state index is -1.34. The zero-order valence-electron chi connectivity index (χ0n) is 36.7. The molecule has 0 amide bonds. The maximum absolute atomic E-state index is 6.46. The molecular formula is C54H54IrN4OSi-2. The smallest absolute Gasteiger partial charge is 0.120 e. The normalized spacial score (nSPS) is 11.7. The van der Waals surface area contributed by atoms with Crippen molar-refractivity contribution in [2.75, 3.05) is 0 Å². The van der Waals surface area contributed by atoms with Gasteiger partial charge in [0.2, 0.25) is 0 Å². The number of benzene rings is 5. The monoisotopic (exact) mass is 995 g/mol. The van der Waals surface area contributed by atoms with Crippen LogP contribution in [0.1, 0.15) is 70.1 Å². The minimum Gasteiger partial charge on any atom is -0.501 e. The van der Waals surface area contributed by atoms with E-state index in [1.54, 1.807) is 0 Å². The van der Waals surface area contributed by atoms with Gasteiger partial charge >= 0.3 is 0 Å². The number of furan rings is 1. The van der Waals surface area contributed by atoms with Gasteiger partial charge in [-0.05, 0) is 81.6 Å². The second kappa shape index (κ2) is 18.3. The zero-order valence-corrected chi connectivity index (χ0v) is 40.1. The van der Waals surface area contributed by atoms with E-state index >= 15 is 0 Å². The van der Waals surface area contributed by atoms with Gasteiger partial charge in [0.05, 0.1) is 36.7 Å². The van der Waals surface area contributed by atoms with Crippen LogP contribution in [0.4, 0.5) is 0 Å². The molecule has 0 fully saturated rings. The van der Waals surface area contributed by atoms with Crippen molar-refractivity contribution in [3.05, 3.63) is 163 Å². The van der Waals surface area contributed by atoms with Crippen molar-refractivity contribution in [1.29, 1.82) is 0 Å². The molecule has 9 aromatic rings. The molecule has 61 heavy (non-hydrogen) atoms. The van der Waals surface area contributed by atoms with Crippen LogP contribution in [0.2, 0.25) is 19.6 Å². The molecule has 0 saturated heterocycles. The van der Waals surface area contributed by atoms with Crippen LogP contribution < -0.4 is 5.19 Å². The first kappa shape index (κ1) is 43.6. The van der Waals surface area contributed by atoms with E-state index in [9.17, 15) is 0 Å². The molecule has 9 rings (SSSR count). The molecule has 311 valence electrons. The summed E-state index contributed by atoms with van der Waals surface area (Å²) < 4.78 is 8.77. The van der Waals surface area contributed by atoms with E-state index in [4.69, 9.17) is 9.40 Å². The van der Waals surface area contributed by atoms with Crippen molar-refractivity contribution in [3.63, 3.8) is 0 Å². The number of rotatable bonds is 9. The Balaban J connectivity index is 0.000000226. The average molecular weight is 995 g/mol. The molecule has 0 spiro atoms. The maximum Gasteiger partial charge on any atom is 0.120 e. The summed E-state index contributed by atoms with van der Waals surface area (Å²) in [6.07, 6.45) is 6.93. The fourth-order valence-corrected chi connectivity index (χ4v) is 9.87. The van der Waals surface area contributed by atoms with Crippen LogP contribution in [-0.4, -0.2) is 27.6 Å². The quantitative estimate of drug-likeness (QED) is 0.107. The molecule has 0 N–H and O–H groups in total. The molecule has 4 aromatic heterocycles. The van der Waals surface area contributed by atoms with Crippen molar-refractivity contribution in [2.24, 2.45) is 5.92 Å². The van der Waals surface area contributed by atoms with E-state index < -0.39 is 8.07 Å². The molecule has 4 heterocycles. The third-order valence-corrected chi connectivity index (χ3v) is 13.2. The van der Waals surface area contributed by atoms with Crippen molar-refractivity contribution >= 4 is 46.2 Å². The summed E-state index contributed by atoms with van der Waals surface area (Å²) in [5.74, 6) is 2.05. The van der Waals surface area contributed by atoms with Crippen molar-refractivity contribution in [2.45, 2.75) is 79.4 Å². The number of para-hydroxylation sites is 1. The van der Waals surface area contributed by atoms with Gasteiger partial charge in [-0.2, -0.15) is 0 Å². The van der Waals surface area contributed by atoms with Crippen LogP contribution in [0, 0.1) is 18.1 Å². The molecule has 5 nitrogen and oxygen atoms in total. The third kappa shape index (κ3) is 8.97. The number of pyridine rings is 2. The molecule has 0 aliphatic carbocycles. The molecule has 0 atom stereocenters. The number of hydrogen-bond donors (Lipinski definition) is 0. The Bertz CT molecular complexity index is 2900. The van der Waals surface area contributed by atoms with Gasteiger partial charge in [-0.15, -0.1) is 54.1 Å². The summed E-state index contributed by atoms with van der Waals surface area (Å²) in [6.45, 7) is 20.8. The van der Waals surface area contributed by atoms with Gasteiger partial charge in [-0.1, -0.05) is 132 Å². The molecule has 0 bridgehead atoms. The molecule has 0 aliphatic rings. The standard InChI is InChI=1S/C36H30N3O.C18H24NSi.Ir/c1-22(2)29-19-25(24-11-6-5-7-12-24)20-30(23(3)4)34(29)39-32-17-18-37-21-31(32)38-36(39)28-15-10-14-27-26-13-8-9-16-33(26)40-35(27)28;1-14(2)11-16-12-17(15-9-7-6-8-10-15)19-13-18(16)20(3,4)5;/h5-14,16-23H,1-4H3;6-9,12-14H,11H2,1-5H3;/q2*-1;. The Kier molecular flexibility index (Phi) is 13.1. The van der Waals surface area contributed by atoms with Gasteiger partial charge in [0, 0.05) is 43.6 Å². The van der Waals surface area contributed by atoms with Crippen molar-refractivity contribution < 1.29 is 24.5 Å². The second-order valence-electron chi connectivity index (χ2n) is 17.9. The second-order valence-corrected chi connectivity index (χ2v) is 22.9. The Morgan fingerprint density at radius 1 is 0.705 bits per heavy atom. The van der Waals surface area contributed by atoms with E-state index in [2.05, 4.69) is 167 Å². The third-order valence-electron chi connectivity index (χ3n) is 11.2. The summed E-state index contributed by atoms with van der Waals surface area (Å²) in [5.41, 5.74) is 14.2. The van der Waals surface area contributed by atoms with Gasteiger partial charge in [0.15, 0.2) is 0 Å². The molecule has 0 aliphatic heterocycles. The molecule has 0 unspecified atom stereocenters. The Morgan fingerprint density at radius 3 is 2.08 bits per heavy atom. The SMILES string of the molecule is CC(C)Cc1cc(-c2[c-]cccc2)ncc1[Si](C)(C)C.CC(C)c1cc(-c2ccccc2)cc(C(C)C)c1-n1c(-c2[c-]ccc3c2oc2ccccc23)nc2cnccc21.[Ir]. The predicted molar refractivity (Wildman–Crippen MR) is 254 cm³/mol. The number of imidazole rings is 1. The van der Waals surface area contributed by atoms with Crippen LogP contribution in [0.5, 0.6) is 0 Å². The molecule has 5 aromatic carbocycles. The van der Waals surface area contributed by atoms with Crippen molar-refractivity contribution in [3.8, 4) is 39.5 Å².